The van der Waals surface area contributed by atoms with Crippen LogP contribution in [0.5, 0.6) is 0 Å². The van der Waals surface area contributed by atoms with E-state index in [0.29, 0.717) is 5.56 Å². The van der Waals surface area contributed by atoms with Crippen molar-refractivity contribution in [3.63, 3.8) is 0 Å². The number of nitrogens with zero attached hydrogens (tertiary/aromatic N) is 2. The van der Waals surface area contributed by atoms with E-state index in [4.69, 9.17) is 5.11 Å². The third-order valence-electron chi connectivity index (χ3n) is 3.11. The fraction of sp³-hybridized carbons (Fsp3) is 0.286. The standard InChI is InChI=1S/C14H16N2O2S/c1-9-6-11(4-5-12(9)14(17)18)16(3)7-13-10(2)15-8-19-13/h4-6,8H,7H2,1-3H3,(H,17,18). The number of rotatable bonds is 4. The molecule has 2 rings (SSSR count). The molecule has 100 valence electrons. The lowest BCUT2D eigenvalue weighted by molar-refractivity contribution is 0.0696. The second-order valence-corrected chi connectivity index (χ2v) is 5.46. The summed E-state index contributed by atoms with van der Waals surface area (Å²) < 4.78 is 0. The molecule has 0 aliphatic carbocycles. The predicted molar refractivity (Wildman–Crippen MR) is 77.1 cm³/mol. The van der Waals surface area contributed by atoms with Crippen LogP contribution in [0.25, 0.3) is 0 Å². The summed E-state index contributed by atoms with van der Waals surface area (Å²) in [7, 11) is 1.99. The van der Waals surface area contributed by atoms with Gasteiger partial charge in [0.15, 0.2) is 0 Å². The molecule has 0 saturated heterocycles. The van der Waals surface area contributed by atoms with E-state index >= 15 is 0 Å². The average molecular weight is 276 g/mol. The van der Waals surface area contributed by atoms with E-state index in [0.717, 1.165) is 23.5 Å². The van der Waals surface area contributed by atoms with Gasteiger partial charge in [-0.1, -0.05) is 0 Å². The molecule has 0 fully saturated rings. The number of anilines is 1. The Bertz CT molecular complexity index is 607. The van der Waals surface area contributed by atoms with Crippen LogP contribution in [0.4, 0.5) is 5.69 Å². The lowest BCUT2D eigenvalue weighted by Gasteiger charge is -2.19. The van der Waals surface area contributed by atoms with Gasteiger partial charge in [-0.2, -0.15) is 0 Å². The van der Waals surface area contributed by atoms with Crippen molar-refractivity contribution < 1.29 is 9.90 Å². The second-order valence-electron chi connectivity index (χ2n) is 4.52. The molecule has 0 atom stereocenters. The van der Waals surface area contributed by atoms with Crippen LogP contribution in [0.3, 0.4) is 0 Å². The molecule has 1 N–H and O–H groups in total. The molecular formula is C14H16N2O2S. The predicted octanol–water partition coefficient (Wildman–Crippen LogP) is 3.09. The zero-order chi connectivity index (χ0) is 14.0. The zero-order valence-corrected chi connectivity index (χ0v) is 12.0. The summed E-state index contributed by atoms with van der Waals surface area (Å²) in [5.74, 6) is -0.884. The number of thiazole rings is 1. The Labute approximate surface area is 116 Å². The van der Waals surface area contributed by atoms with E-state index in [2.05, 4.69) is 9.88 Å². The molecule has 4 nitrogen and oxygen atoms in total. The Morgan fingerprint density at radius 1 is 1.42 bits per heavy atom. The first-order valence-corrected chi connectivity index (χ1v) is 6.81. The van der Waals surface area contributed by atoms with Gasteiger partial charge in [0, 0.05) is 17.6 Å². The summed E-state index contributed by atoms with van der Waals surface area (Å²) in [6.07, 6.45) is 0. The second kappa shape index (κ2) is 5.40. The van der Waals surface area contributed by atoms with E-state index in [-0.39, 0.29) is 0 Å². The lowest BCUT2D eigenvalue weighted by atomic mass is 10.1. The van der Waals surface area contributed by atoms with Gasteiger partial charge in [0.05, 0.1) is 23.3 Å². The quantitative estimate of drug-likeness (QED) is 0.932. The van der Waals surface area contributed by atoms with E-state index in [9.17, 15) is 4.79 Å². The molecule has 0 aliphatic heterocycles. The number of aryl methyl sites for hydroxylation is 2. The molecule has 0 aliphatic rings. The molecule has 1 aromatic carbocycles. The number of aromatic nitrogens is 1. The van der Waals surface area contributed by atoms with Crippen molar-refractivity contribution in [2.45, 2.75) is 20.4 Å². The van der Waals surface area contributed by atoms with E-state index < -0.39 is 5.97 Å². The zero-order valence-electron chi connectivity index (χ0n) is 11.2. The van der Waals surface area contributed by atoms with E-state index in [1.165, 1.54) is 4.88 Å². The van der Waals surface area contributed by atoms with Crippen LogP contribution in [-0.2, 0) is 6.54 Å². The van der Waals surface area contributed by atoms with Gasteiger partial charge in [-0.15, -0.1) is 11.3 Å². The van der Waals surface area contributed by atoms with Crippen LogP contribution in [0.2, 0.25) is 0 Å². The van der Waals surface area contributed by atoms with Crippen LogP contribution in [0, 0.1) is 13.8 Å². The van der Waals surface area contributed by atoms with Crippen LogP contribution in [0.1, 0.15) is 26.5 Å². The van der Waals surface area contributed by atoms with Crippen LogP contribution < -0.4 is 4.90 Å². The molecule has 19 heavy (non-hydrogen) atoms. The Morgan fingerprint density at radius 2 is 2.16 bits per heavy atom. The highest BCUT2D eigenvalue weighted by atomic mass is 32.1. The van der Waals surface area contributed by atoms with Crippen LogP contribution in [-0.4, -0.2) is 23.1 Å². The number of benzene rings is 1. The van der Waals surface area contributed by atoms with Crippen molar-refractivity contribution in [3.05, 3.63) is 45.4 Å². The number of carboxylic acids is 1. The Morgan fingerprint density at radius 3 is 2.68 bits per heavy atom. The normalized spacial score (nSPS) is 10.5. The summed E-state index contributed by atoms with van der Waals surface area (Å²) in [5, 5.41) is 9.02. The Balaban J connectivity index is 2.20. The first kappa shape index (κ1) is 13.5. The molecule has 5 heteroatoms. The van der Waals surface area contributed by atoms with Gasteiger partial charge >= 0.3 is 5.97 Å². The first-order chi connectivity index (χ1) is 8.99. The Kier molecular flexibility index (Phi) is 3.85. The van der Waals surface area contributed by atoms with Crippen molar-refractivity contribution >= 4 is 23.0 Å². The largest absolute Gasteiger partial charge is 0.478 e. The van der Waals surface area contributed by atoms with Gasteiger partial charge in [0.1, 0.15) is 0 Å². The lowest BCUT2D eigenvalue weighted by Crippen LogP contribution is -2.16. The van der Waals surface area contributed by atoms with Gasteiger partial charge in [0.25, 0.3) is 0 Å². The van der Waals surface area contributed by atoms with Crippen molar-refractivity contribution in [1.82, 2.24) is 4.98 Å². The number of carboxylic acid groups (broad SMARTS) is 1. The fourth-order valence-electron chi connectivity index (χ4n) is 1.91. The topological polar surface area (TPSA) is 53.4 Å². The van der Waals surface area contributed by atoms with Crippen molar-refractivity contribution in [2.24, 2.45) is 0 Å². The molecule has 1 heterocycles. The molecular weight excluding hydrogens is 260 g/mol. The van der Waals surface area contributed by atoms with E-state index in [1.54, 1.807) is 17.4 Å². The molecule has 2 aromatic rings. The SMILES string of the molecule is Cc1cc(N(C)Cc2scnc2C)ccc1C(=O)O. The summed E-state index contributed by atoms with van der Waals surface area (Å²) in [5.41, 5.74) is 5.03. The number of hydrogen-bond donors (Lipinski definition) is 1. The Hall–Kier alpha value is -1.88. The van der Waals surface area contributed by atoms with Gasteiger partial charge in [-0.25, -0.2) is 9.78 Å². The van der Waals surface area contributed by atoms with E-state index in [1.807, 2.05) is 38.5 Å². The van der Waals surface area contributed by atoms with Gasteiger partial charge < -0.3 is 10.0 Å². The molecule has 1 aromatic heterocycles. The molecule has 0 spiro atoms. The number of carbonyl (C=O) groups is 1. The third-order valence-corrected chi connectivity index (χ3v) is 4.03. The molecule has 0 unspecified atom stereocenters. The number of hydrogen-bond acceptors (Lipinski definition) is 4. The van der Waals surface area contributed by atoms with Crippen LogP contribution >= 0.6 is 11.3 Å². The van der Waals surface area contributed by atoms with Gasteiger partial charge in [0.2, 0.25) is 0 Å². The van der Waals surface area contributed by atoms with Crippen molar-refractivity contribution in [2.75, 3.05) is 11.9 Å². The number of aromatic carboxylic acids is 1. The van der Waals surface area contributed by atoms with Crippen molar-refractivity contribution in [1.29, 1.82) is 0 Å². The highest BCUT2D eigenvalue weighted by molar-refractivity contribution is 7.09. The first-order valence-electron chi connectivity index (χ1n) is 5.93. The summed E-state index contributed by atoms with van der Waals surface area (Å²) in [6.45, 7) is 4.60. The average Bonchev–Trinajstić information content (AvgIpc) is 2.74. The molecule has 0 radical (unpaired) electrons. The highest BCUT2D eigenvalue weighted by Crippen LogP contribution is 2.22. The maximum absolute atomic E-state index is 11.0. The molecule has 0 amide bonds. The maximum atomic E-state index is 11.0. The van der Waals surface area contributed by atoms with Crippen LogP contribution in [0.15, 0.2) is 23.7 Å². The van der Waals surface area contributed by atoms with Crippen molar-refractivity contribution in [3.8, 4) is 0 Å². The summed E-state index contributed by atoms with van der Waals surface area (Å²) in [4.78, 5) is 18.5. The molecule has 0 saturated carbocycles. The van der Waals surface area contributed by atoms with Gasteiger partial charge in [-0.05, 0) is 37.6 Å². The minimum atomic E-state index is -0.884. The van der Waals surface area contributed by atoms with Gasteiger partial charge in [-0.3, -0.25) is 0 Å². The summed E-state index contributed by atoms with van der Waals surface area (Å²) >= 11 is 1.64. The smallest absolute Gasteiger partial charge is 0.335 e. The fourth-order valence-corrected chi connectivity index (χ4v) is 2.74. The highest BCUT2D eigenvalue weighted by Gasteiger charge is 2.10. The minimum Gasteiger partial charge on any atom is -0.478 e. The monoisotopic (exact) mass is 276 g/mol. The maximum Gasteiger partial charge on any atom is 0.335 e. The molecule has 0 bridgehead atoms. The summed E-state index contributed by atoms with van der Waals surface area (Å²) in [6, 6.07) is 5.40. The minimum absolute atomic E-state index is 0.353. The third kappa shape index (κ3) is 2.93.